The molecule has 0 saturated carbocycles. The minimum Gasteiger partial charge on any atom is -0.569 e. The van der Waals surface area contributed by atoms with Crippen LogP contribution in [-0.2, 0) is 80.4 Å². The molecule has 61 heavy (non-hydrogen) atoms. The first-order valence-electron chi connectivity index (χ1n) is 22.8. The van der Waals surface area contributed by atoms with Crippen molar-refractivity contribution in [2.45, 2.75) is 174 Å². The first-order valence-corrected chi connectivity index (χ1v) is 22.8. The van der Waals surface area contributed by atoms with Crippen LogP contribution in [0.1, 0.15) is 168 Å². The van der Waals surface area contributed by atoms with Gasteiger partial charge in [-0.05, 0) is 25.7 Å². The fraction of sp³-hybridized carbons (Fsp3) is 0.844. The number of amides is 3. The molecule has 0 saturated heterocycles. The van der Waals surface area contributed by atoms with Gasteiger partial charge in [0.25, 0.3) is 0 Å². The molecule has 0 aromatic carbocycles. The Hall–Kier alpha value is -1.88. The summed E-state index contributed by atoms with van der Waals surface area (Å²) in [6.07, 6.45) is 25.0. The standard InChI is InChI=1S/C44H80N3O11.CH3O.Y/c1-3-5-6-7-8-9-10-11-12-13-14-15-16-17-18-24-41(50)47-40(44(53)54)26-25-39(49)23-21-29-55-31-33-57-37-43(52)46-28-30-56-32-34-58-36-42(51)45-27-20-19-22-38(4-2)35-48;1-2;/h38,40H,3-34,36-37H2,1-2H3,(H,45,51)(H,46,52)(H,47,50)(H,53,54);2H,1H2;/q2*-1;/t38-,40-;;/m0../s1. The Morgan fingerprint density at radius 1 is 0.541 bits per heavy atom. The largest absolute Gasteiger partial charge is 0.569 e. The molecular weight excluding hydrogens is 863 g/mol. The molecule has 0 aliphatic carbocycles. The van der Waals surface area contributed by atoms with Crippen LogP contribution in [0, 0.1) is 13.0 Å². The summed E-state index contributed by atoms with van der Waals surface area (Å²) in [6.45, 7) is 6.46. The molecule has 0 aromatic rings. The van der Waals surface area contributed by atoms with Crippen LogP contribution in [0.25, 0.3) is 0 Å². The average Bonchev–Trinajstić information content (AvgIpc) is 3.24. The van der Waals surface area contributed by atoms with Crippen molar-refractivity contribution in [1.82, 2.24) is 16.0 Å². The summed E-state index contributed by atoms with van der Waals surface area (Å²) < 4.78 is 21.4. The van der Waals surface area contributed by atoms with Gasteiger partial charge in [-0.3, -0.25) is 25.5 Å². The molecule has 0 rings (SSSR count). The Morgan fingerprint density at radius 3 is 1.54 bits per heavy atom. The minimum absolute atomic E-state index is 0. The SMILES string of the molecule is CCCCCCCCCCCCCCCCCC(=O)N[C@@H](CCC(=O)CCCOCCOCC(=O)NCCOCCOCC(=O)NCCCC[C@@H]([C-]=O)CC)C(=O)O.[CH2-]O.[Y]. The number of rotatable bonds is 45. The Bertz CT molecular complexity index is 1060. The van der Waals surface area contributed by atoms with Crippen LogP contribution < -0.4 is 16.0 Å². The Labute approximate surface area is 393 Å². The van der Waals surface area contributed by atoms with E-state index in [1.165, 1.54) is 77.0 Å². The first-order chi connectivity index (χ1) is 29.2. The van der Waals surface area contributed by atoms with Gasteiger partial charge in [0, 0.05) is 71.7 Å². The quantitative estimate of drug-likeness (QED) is 0.0319. The summed E-state index contributed by atoms with van der Waals surface area (Å²) in [7, 11) is 2.25. The second-order valence-corrected chi connectivity index (χ2v) is 15.1. The van der Waals surface area contributed by atoms with Crippen LogP contribution >= 0.6 is 0 Å². The number of hydrogen-bond donors (Lipinski definition) is 5. The summed E-state index contributed by atoms with van der Waals surface area (Å²) in [5.41, 5.74) is 0. The van der Waals surface area contributed by atoms with Crippen molar-refractivity contribution < 1.29 is 90.6 Å². The molecular formula is C45H83N3O12Y-2. The molecule has 0 aromatic heterocycles. The number of carboxylic acid groups (broad SMARTS) is 1. The predicted molar refractivity (Wildman–Crippen MR) is 233 cm³/mol. The van der Waals surface area contributed by atoms with E-state index >= 15 is 0 Å². The number of aliphatic carboxylic acids is 1. The van der Waals surface area contributed by atoms with Gasteiger partial charge >= 0.3 is 5.97 Å². The van der Waals surface area contributed by atoms with E-state index < -0.39 is 12.0 Å². The number of ether oxygens (including phenoxy) is 4. The van der Waals surface area contributed by atoms with Crippen molar-refractivity contribution in [2.75, 3.05) is 65.9 Å². The van der Waals surface area contributed by atoms with E-state index in [-0.39, 0.29) is 128 Å². The number of nitrogens with one attached hydrogen (secondary N) is 3. The smallest absolute Gasteiger partial charge is 0.326 e. The Kier molecular flexibility index (Phi) is 52.8. The van der Waals surface area contributed by atoms with Crippen molar-refractivity contribution in [3.8, 4) is 0 Å². The molecule has 0 unspecified atom stereocenters. The van der Waals surface area contributed by atoms with Gasteiger partial charge in [0.05, 0.1) is 33.0 Å². The monoisotopic (exact) mass is 947 g/mol. The van der Waals surface area contributed by atoms with Gasteiger partial charge < -0.3 is 49.9 Å². The van der Waals surface area contributed by atoms with Gasteiger partial charge in [-0.2, -0.15) is 0 Å². The zero-order valence-electron chi connectivity index (χ0n) is 38.0. The number of aliphatic hydroxyl groups is 1. The third-order valence-electron chi connectivity index (χ3n) is 9.84. The summed E-state index contributed by atoms with van der Waals surface area (Å²) in [6, 6.07) is -1.08. The van der Waals surface area contributed by atoms with Crippen LogP contribution in [0.5, 0.6) is 0 Å². The molecule has 0 heterocycles. The third-order valence-corrected chi connectivity index (χ3v) is 9.84. The summed E-state index contributed by atoms with van der Waals surface area (Å²) in [5, 5.41) is 24.3. The fourth-order valence-electron chi connectivity index (χ4n) is 6.21. The van der Waals surface area contributed by atoms with Gasteiger partial charge in [0.2, 0.25) is 17.7 Å². The number of hydrogen-bond acceptors (Lipinski definition) is 11. The van der Waals surface area contributed by atoms with Crippen molar-refractivity contribution in [3.05, 3.63) is 7.11 Å². The van der Waals surface area contributed by atoms with Crippen molar-refractivity contribution in [1.29, 1.82) is 0 Å². The van der Waals surface area contributed by atoms with Crippen molar-refractivity contribution in [2.24, 2.45) is 5.92 Å². The van der Waals surface area contributed by atoms with Crippen LogP contribution in [0.2, 0.25) is 0 Å². The first kappa shape index (κ1) is 63.4. The molecule has 1 radical (unpaired) electrons. The summed E-state index contributed by atoms with van der Waals surface area (Å²) in [4.78, 5) is 70.7. The zero-order chi connectivity index (χ0) is 44.7. The third kappa shape index (κ3) is 47.4. The molecule has 15 nitrogen and oxygen atoms in total. The van der Waals surface area contributed by atoms with Crippen molar-refractivity contribution >= 4 is 35.8 Å². The van der Waals surface area contributed by atoms with E-state index in [2.05, 4.69) is 30.0 Å². The Balaban J connectivity index is -0.0000110. The van der Waals surface area contributed by atoms with Gasteiger partial charge in [0.1, 0.15) is 25.0 Å². The van der Waals surface area contributed by atoms with E-state index in [0.29, 0.717) is 32.5 Å². The molecule has 0 spiro atoms. The second kappa shape index (κ2) is 50.8. The zero-order valence-corrected chi connectivity index (χ0v) is 40.8. The Morgan fingerprint density at radius 2 is 1.03 bits per heavy atom. The maximum Gasteiger partial charge on any atom is 0.326 e. The minimum atomic E-state index is -1.14. The van der Waals surface area contributed by atoms with Gasteiger partial charge in [0.15, 0.2) is 0 Å². The summed E-state index contributed by atoms with van der Waals surface area (Å²) in [5.74, 6) is -2.03. The molecule has 2 atom stereocenters. The number of carbonyl (C=O) groups is 5. The molecule has 16 heteroatoms. The van der Waals surface area contributed by atoms with Crippen molar-refractivity contribution in [3.63, 3.8) is 0 Å². The van der Waals surface area contributed by atoms with E-state index in [4.69, 9.17) is 24.1 Å². The maximum atomic E-state index is 12.3. The number of carbonyl (C=O) groups excluding carboxylic acids is 5. The van der Waals surface area contributed by atoms with Crippen LogP contribution in [0.3, 0.4) is 0 Å². The van der Waals surface area contributed by atoms with E-state index in [1.807, 2.05) is 13.2 Å². The van der Waals surface area contributed by atoms with Gasteiger partial charge in [-0.1, -0.05) is 123 Å². The molecule has 3 amide bonds. The molecule has 0 aliphatic heterocycles. The maximum absolute atomic E-state index is 12.3. The van der Waals surface area contributed by atoms with E-state index in [0.717, 1.165) is 44.9 Å². The van der Waals surface area contributed by atoms with Crippen LogP contribution in [0.4, 0.5) is 0 Å². The van der Waals surface area contributed by atoms with Gasteiger partial charge in [-0.15, -0.1) is 5.92 Å². The summed E-state index contributed by atoms with van der Waals surface area (Å²) >= 11 is 0. The number of ketones is 1. The van der Waals surface area contributed by atoms with Crippen LogP contribution in [0.15, 0.2) is 0 Å². The van der Waals surface area contributed by atoms with E-state index in [1.54, 1.807) is 0 Å². The number of aliphatic hydroxyl groups excluding tert-OH is 1. The number of carboxylic acids is 1. The van der Waals surface area contributed by atoms with E-state index in [9.17, 15) is 33.9 Å². The second-order valence-electron chi connectivity index (χ2n) is 15.1. The molecule has 355 valence electrons. The van der Waals surface area contributed by atoms with Gasteiger partial charge in [-0.25, -0.2) is 11.9 Å². The normalized spacial score (nSPS) is 11.7. The van der Waals surface area contributed by atoms with Crippen LogP contribution in [-0.4, -0.2) is 118 Å². The fourth-order valence-corrected chi connectivity index (χ4v) is 6.21. The molecule has 0 bridgehead atoms. The number of unbranched alkanes of at least 4 members (excludes halogenated alkanes) is 15. The number of Topliss-reactive ketones (excluding diaryl/α,β-unsaturated/α-hetero) is 1. The molecule has 0 fully saturated rings. The molecule has 0 aliphatic rings. The predicted octanol–water partition coefficient (Wildman–Crippen LogP) is 6.70. The molecule has 5 N–H and O–H groups in total. The average molecular weight is 947 g/mol. The topological polar surface area (TPSA) is 216 Å².